The summed E-state index contributed by atoms with van der Waals surface area (Å²) in [5.74, 6) is -0.547. The molecule has 0 radical (unpaired) electrons. The Balaban J connectivity index is 1.77. The van der Waals surface area contributed by atoms with Crippen LogP contribution in [0.4, 0.5) is 5.69 Å². The van der Waals surface area contributed by atoms with Gasteiger partial charge < -0.3 is 10.1 Å². The first-order valence-corrected chi connectivity index (χ1v) is 7.95. The maximum atomic E-state index is 11.8. The molecule has 0 saturated heterocycles. The van der Waals surface area contributed by atoms with Gasteiger partial charge in [-0.3, -0.25) is 9.59 Å². The van der Waals surface area contributed by atoms with Gasteiger partial charge in [0, 0.05) is 3.57 Å². The van der Waals surface area contributed by atoms with Crippen LogP contribution in [0, 0.1) is 9.49 Å². The fraction of sp³-hybridized carbons (Fsp3) is 0.467. The first-order chi connectivity index (χ1) is 9.66. The van der Waals surface area contributed by atoms with Crippen LogP contribution >= 0.6 is 22.6 Å². The van der Waals surface area contributed by atoms with Crippen molar-refractivity contribution in [1.82, 2.24) is 0 Å². The van der Waals surface area contributed by atoms with E-state index in [9.17, 15) is 9.59 Å². The standard InChI is InChI=1S/C15H18INO3/c16-12-8-4-5-9-13(12)17-14(18)10-20-15(19)11-6-2-1-3-7-11/h4-5,8-9,11H,1-3,6-7,10H2,(H,17,18). The van der Waals surface area contributed by atoms with Gasteiger partial charge in [-0.2, -0.15) is 0 Å². The highest BCUT2D eigenvalue weighted by Gasteiger charge is 2.23. The summed E-state index contributed by atoms with van der Waals surface area (Å²) in [4.78, 5) is 23.6. The number of hydrogen-bond donors (Lipinski definition) is 1. The van der Waals surface area contributed by atoms with Crippen LogP contribution in [0.3, 0.4) is 0 Å². The van der Waals surface area contributed by atoms with Gasteiger partial charge >= 0.3 is 5.97 Å². The van der Waals surface area contributed by atoms with Crippen molar-refractivity contribution in [2.75, 3.05) is 11.9 Å². The summed E-state index contributed by atoms with van der Waals surface area (Å²) in [6.07, 6.45) is 5.12. The molecular weight excluding hydrogens is 369 g/mol. The molecule has 1 aliphatic carbocycles. The van der Waals surface area contributed by atoms with E-state index in [4.69, 9.17) is 4.74 Å². The minimum atomic E-state index is -0.293. The van der Waals surface area contributed by atoms with Crippen LogP contribution in [0.2, 0.25) is 0 Å². The Morgan fingerprint density at radius 3 is 2.60 bits per heavy atom. The quantitative estimate of drug-likeness (QED) is 0.637. The van der Waals surface area contributed by atoms with Gasteiger partial charge in [0.25, 0.3) is 5.91 Å². The van der Waals surface area contributed by atoms with E-state index in [0.717, 1.165) is 34.9 Å². The number of hydrogen-bond acceptors (Lipinski definition) is 3. The Labute approximate surface area is 132 Å². The third-order valence-electron chi connectivity index (χ3n) is 3.43. The molecule has 0 atom stereocenters. The predicted octanol–water partition coefficient (Wildman–Crippen LogP) is 3.35. The summed E-state index contributed by atoms with van der Waals surface area (Å²) >= 11 is 2.15. The van der Waals surface area contributed by atoms with Crippen molar-refractivity contribution in [2.45, 2.75) is 32.1 Å². The van der Waals surface area contributed by atoms with E-state index in [0.29, 0.717) is 0 Å². The molecule has 5 heteroatoms. The van der Waals surface area contributed by atoms with Gasteiger partial charge in [-0.1, -0.05) is 31.4 Å². The molecule has 108 valence electrons. The lowest BCUT2D eigenvalue weighted by Gasteiger charge is -2.19. The number of esters is 1. The van der Waals surface area contributed by atoms with Crippen LogP contribution in [0.1, 0.15) is 32.1 Å². The van der Waals surface area contributed by atoms with Gasteiger partial charge in [-0.15, -0.1) is 0 Å². The number of carbonyl (C=O) groups is 2. The molecule has 1 fully saturated rings. The maximum Gasteiger partial charge on any atom is 0.309 e. The number of amides is 1. The third-order valence-corrected chi connectivity index (χ3v) is 4.37. The summed E-state index contributed by atoms with van der Waals surface area (Å²) in [6.45, 7) is -0.208. The second-order valence-electron chi connectivity index (χ2n) is 4.97. The van der Waals surface area contributed by atoms with Crippen LogP contribution in [-0.2, 0) is 14.3 Å². The first kappa shape index (κ1) is 15.3. The molecule has 1 saturated carbocycles. The molecule has 1 aromatic carbocycles. The Hall–Kier alpha value is -1.11. The molecule has 2 rings (SSSR count). The van der Waals surface area contributed by atoms with E-state index < -0.39 is 0 Å². The number of halogens is 1. The van der Waals surface area contributed by atoms with Gasteiger partial charge in [0.1, 0.15) is 0 Å². The van der Waals surface area contributed by atoms with Gasteiger partial charge in [0.15, 0.2) is 6.61 Å². The molecule has 1 aliphatic rings. The van der Waals surface area contributed by atoms with Crippen LogP contribution in [0.15, 0.2) is 24.3 Å². The minimum Gasteiger partial charge on any atom is -0.455 e. The second-order valence-corrected chi connectivity index (χ2v) is 6.13. The largest absolute Gasteiger partial charge is 0.455 e. The SMILES string of the molecule is O=C(COC(=O)C1CCCCC1)Nc1ccccc1I. The number of benzene rings is 1. The fourth-order valence-electron chi connectivity index (χ4n) is 2.34. The highest BCUT2D eigenvalue weighted by Crippen LogP contribution is 2.24. The molecule has 1 aromatic rings. The van der Waals surface area contributed by atoms with Gasteiger partial charge in [0.2, 0.25) is 0 Å². The van der Waals surface area contributed by atoms with Crippen LogP contribution in [0.25, 0.3) is 0 Å². The zero-order valence-corrected chi connectivity index (χ0v) is 13.4. The molecule has 0 unspecified atom stereocenters. The predicted molar refractivity (Wildman–Crippen MR) is 85.3 cm³/mol. The molecule has 0 heterocycles. The molecule has 4 nitrogen and oxygen atoms in total. The highest BCUT2D eigenvalue weighted by molar-refractivity contribution is 14.1. The average molecular weight is 387 g/mol. The molecule has 1 N–H and O–H groups in total. The lowest BCUT2D eigenvalue weighted by Crippen LogP contribution is -2.26. The Morgan fingerprint density at radius 1 is 1.20 bits per heavy atom. The van der Waals surface area contributed by atoms with Crippen LogP contribution < -0.4 is 5.32 Å². The molecule has 0 spiro atoms. The molecule has 0 aromatic heterocycles. The van der Waals surface area contributed by atoms with Crippen LogP contribution in [-0.4, -0.2) is 18.5 Å². The van der Waals surface area contributed by atoms with E-state index >= 15 is 0 Å². The summed E-state index contributed by atoms with van der Waals surface area (Å²) in [5.41, 5.74) is 0.742. The zero-order valence-electron chi connectivity index (χ0n) is 11.2. The zero-order chi connectivity index (χ0) is 14.4. The number of para-hydroxylation sites is 1. The highest BCUT2D eigenvalue weighted by atomic mass is 127. The van der Waals surface area contributed by atoms with Crippen molar-refractivity contribution in [3.8, 4) is 0 Å². The number of carbonyl (C=O) groups excluding carboxylic acids is 2. The van der Waals surface area contributed by atoms with Crippen molar-refractivity contribution in [3.63, 3.8) is 0 Å². The normalized spacial score (nSPS) is 15.7. The molecular formula is C15H18INO3. The van der Waals surface area contributed by atoms with Crippen molar-refractivity contribution in [3.05, 3.63) is 27.8 Å². The number of anilines is 1. The Morgan fingerprint density at radius 2 is 1.90 bits per heavy atom. The lowest BCUT2D eigenvalue weighted by atomic mass is 9.89. The minimum absolute atomic E-state index is 0.0200. The molecule has 20 heavy (non-hydrogen) atoms. The van der Waals surface area contributed by atoms with E-state index in [1.54, 1.807) is 0 Å². The number of nitrogens with one attached hydrogen (secondary N) is 1. The monoisotopic (exact) mass is 387 g/mol. The van der Waals surface area contributed by atoms with Crippen molar-refractivity contribution in [2.24, 2.45) is 5.92 Å². The number of rotatable bonds is 4. The third kappa shape index (κ3) is 4.47. The summed E-state index contributed by atoms with van der Waals surface area (Å²) in [7, 11) is 0. The molecule has 1 amide bonds. The van der Waals surface area contributed by atoms with E-state index in [-0.39, 0.29) is 24.4 Å². The average Bonchev–Trinajstić information content (AvgIpc) is 2.48. The Bertz CT molecular complexity index is 484. The fourth-order valence-corrected chi connectivity index (χ4v) is 2.86. The molecule has 0 bridgehead atoms. The van der Waals surface area contributed by atoms with Crippen molar-refractivity contribution >= 4 is 40.2 Å². The summed E-state index contributed by atoms with van der Waals surface area (Å²) in [6, 6.07) is 7.49. The second kappa shape index (κ2) is 7.61. The number of ether oxygens (including phenoxy) is 1. The van der Waals surface area contributed by atoms with Gasteiger partial charge in [-0.25, -0.2) is 0 Å². The Kier molecular flexibility index (Phi) is 5.82. The van der Waals surface area contributed by atoms with E-state index in [1.807, 2.05) is 24.3 Å². The lowest BCUT2D eigenvalue weighted by molar-refractivity contribution is -0.152. The van der Waals surface area contributed by atoms with Gasteiger partial charge in [0.05, 0.1) is 11.6 Å². The summed E-state index contributed by atoms with van der Waals surface area (Å²) in [5, 5.41) is 2.74. The van der Waals surface area contributed by atoms with Crippen LogP contribution in [0.5, 0.6) is 0 Å². The maximum absolute atomic E-state index is 11.8. The first-order valence-electron chi connectivity index (χ1n) is 6.88. The molecule has 0 aliphatic heterocycles. The summed E-state index contributed by atoms with van der Waals surface area (Å²) < 4.78 is 6.06. The topological polar surface area (TPSA) is 55.4 Å². The smallest absolute Gasteiger partial charge is 0.309 e. The van der Waals surface area contributed by atoms with E-state index in [1.165, 1.54) is 6.42 Å². The van der Waals surface area contributed by atoms with Gasteiger partial charge in [-0.05, 0) is 47.6 Å². The van der Waals surface area contributed by atoms with Crippen molar-refractivity contribution in [1.29, 1.82) is 0 Å². The van der Waals surface area contributed by atoms with Crippen molar-refractivity contribution < 1.29 is 14.3 Å². The van der Waals surface area contributed by atoms with E-state index in [2.05, 4.69) is 27.9 Å².